The molecule has 0 aliphatic heterocycles. The van der Waals surface area contributed by atoms with Crippen LogP contribution in [0.3, 0.4) is 0 Å². The average Bonchev–Trinajstić information content (AvgIpc) is 2.64. The van der Waals surface area contributed by atoms with Gasteiger partial charge in [-0.1, -0.05) is 12.1 Å². The number of carbonyl (C=O) groups excluding carboxylic acids is 1. The molecule has 0 aliphatic rings. The highest BCUT2D eigenvalue weighted by atomic mass is 16.5. The van der Waals surface area contributed by atoms with Gasteiger partial charge in [0.2, 0.25) is 0 Å². The van der Waals surface area contributed by atoms with Gasteiger partial charge in [-0.15, -0.1) is 0 Å². The minimum absolute atomic E-state index is 0.107. The Balaban J connectivity index is 2.10. The lowest BCUT2D eigenvalue weighted by molar-refractivity contribution is -0.144. The lowest BCUT2D eigenvalue weighted by Gasteiger charge is -2.15. The van der Waals surface area contributed by atoms with Gasteiger partial charge in [0.05, 0.1) is 18.4 Å². The summed E-state index contributed by atoms with van der Waals surface area (Å²) in [6.07, 6.45) is 0.367. The Hall–Kier alpha value is -3.55. The number of hydrogen-bond donors (Lipinski definition) is 3. The highest BCUT2D eigenvalue weighted by Crippen LogP contribution is 2.29. The smallest absolute Gasteiger partial charge is 0.344 e. The van der Waals surface area contributed by atoms with Crippen LogP contribution in [0.1, 0.15) is 29.8 Å². The van der Waals surface area contributed by atoms with Crippen molar-refractivity contribution in [2.24, 2.45) is 5.10 Å². The summed E-state index contributed by atoms with van der Waals surface area (Å²) in [6, 6.07) is 10.9. The van der Waals surface area contributed by atoms with Crippen molar-refractivity contribution < 1.29 is 29.3 Å². The molecule has 142 valence electrons. The average molecular weight is 372 g/mol. The summed E-state index contributed by atoms with van der Waals surface area (Å²) in [5.41, 5.74) is 3.03. The van der Waals surface area contributed by atoms with E-state index in [4.69, 9.17) is 14.6 Å². The lowest BCUT2D eigenvalue weighted by atomic mass is 10.2. The summed E-state index contributed by atoms with van der Waals surface area (Å²) >= 11 is 0. The molecule has 2 rings (SSSR count). The van der Waals surface area contributed by atoms with Crippen LogP contribution < -0.4 is 14.9 Å². The van der Waals surface area contributed by atoms with Gasteiger partial charge in [-0.3, -0.25) is 4.79 Å². The molecule has 0 fully saturated rings. The molecule has 3 N–H and O–H groups in total. The fourth-order valence-corrected chi connectivity index (χ4v) is 2.10. The van der Waals surface area contributed by atoms with Gasteiger partial charge in [0.25, 0.3) is 5.91 Å². The molecule has 8 heteroatoms. The summed E-state index contributed by atoms with van der Waals surface area (Å²) in [5.74, 6) is -1.12. The van der Waals surface area contributed by atoms with Gasteiger partial charge in [0.1, 0.15) is 5.75 Å². The third-order valence-electron chi connectivity index (χ3n) is 3.45. The summed E-state index contributed by atoms with van der Waals surface area (Å²) in [7, 11) is 0. The maximum Gasteiger partial charge on any atom is 0.344 e. The number of carbonyl (C=O) groups is 2. The molecule has 1 atom stereocenters. The SMILES string of the molecule is CCOc1cc(/C=N\NC(=O)c2ccccc2O)ccc1O[C@H](C)C(=O)O. The third kappa shape index (κ3) is 5.46. The van der Waals surface area contributed by atoms with Crippen LogP contribution in [-0.4, -0.2) is 41.0 Å². The molecule has 0 spiro atoms. The topological polar surface area (TPSA) is 117 Å². The zero-order valence-electron chi connectivity index (χ0n) is 14.9. The van der Waals surface area contributed by atoms with E-state index in [0.29, 0.717) is 23.7 Å². The molecule has 0 saturated heterocycles. The minimum Gasteiger partial charge on any atom is -0.507 e. The molecule has 2 aromatic carbocycles. The summed E-state index contributed by atoms with van der Waals surface area (Å²) in [4.78, 5) is 22.9. The van der Waals surface area contributed by atoms with Crippen LogP contribution in [0.5, 0.6) is 17.2 Å². The Labute approximate surface area is 156 Å². The molecular formula is C19H20N2O6. The second-order valence-electron chi connectivity index (χ2n) is 5.45. The number of aromatic hydroxyl groups is 1. The third-order valence-corrected chi connectivity index (χ3v) is 3.45. The monoisotopic (exact) mass is 372 g/mol. The van der Waals surface area contributed by atoms with E-state index in [1.165, 1.54) is 25.3 Å². The number of phenolic OH excluding ortho intramolecular Hbond substituents is 1. The number of carboxylic acids is 1. The van der Waals surface area contributed by atoms with E-state index < -0.39 is 18.0 Å². The van der Waals surface area contributed by atoms with Crippen molar-refractivity contribution in [2.45, 2.75) is 20.0 Å². The maximum atomic E-state index is 12.0. The number of carboxylic acid groups (broad SMARTS) is 1. The summed E-state index contributed by atoms with van der Waals surface area (Å²) in [6.45, 7) is 3.57. The van der Waals surface area contributed by atoms with Crippen LogP contribution in [0.4, 0.5) is 0 Å². The van der Waals surface area contributed by atoms with Gasteiger partial charge in [-0.25, -0.2) is 10.2 Å². The molecule has 0 heterocycles. The normalized spacial score (nSPS) is 11.8. The number of para-hydroxylation sites is 1. The first-order chi connectivity index (χ1) is 12.9. The molecule has 0 radical (unpaired) electrons. The Kier molecular flexibility index (Phi) is 6.76. The number of hydrazone groups is 1. The first-order valence-electron chi connectivity index (χ1n) is 8.20. The summed E-state index contributed by atoms with van der Waals surface area (Å²) in [5, 5.41) is 22.5. The van der Waals surface area contributed by atoms with Crippen molar-refractivity contribution in [3.05, 3.63) is 53.6 Å². The van der Waals surface area contributed by atoms with Gasteiger partial charge < -0.3 is 19.7 Å². The van der Waals surface area contributed by atoms with Crippen molar-refractivity contribution >= 4 is 18.1 Å². The number of hydrogen-bond acceptors (Lipinski definition) is 6. The van der Waals surface area contributed by atoms with Crippen LogP contribution in [0.15, 0.2) is 47.6 Å². The lowest BCUT2D eigenvalue weighted by Crippen LogP contribution is -2.23. The quantitative estimate of drug-likeness (QED) is 0.484. The van der Waals surface area contributed by atoms with Crippen LogP contribution in [-0.2, 0) is 4.79 Å². The highest BCUT2D eigenvalue weighted by Gasteiger charge is 2.16. The zero-order valence-corrected chi connectivity index (χ0v) is 14.9. The van der Waals surface area contributed by atoms with Crippen LogP contribution in [0.25, 0.3) is 0 Å². The number of nitrogens with zero attached hydrogens (tertiary/aromatic N) is 1. The summed E-state index contributed by atoms with van der Waals surface area (Å²) < 4.78 is 10.8. The highest BCUT2D eigenvalue weighted by molar-refractivity contribution is 5.97. The van der Waals surface area contributed by atoms with Gasteiger partial charge in [-0.2, -0.15) is 5.10 Å². The Bertz CT molecular complexity index is 850. The van der Waals surface area contributed by atoms with Crippen LogP contribution in [0, 0.1) is 0 Å². The van der Waals surface area contributed by atoms with Crippen molar-refractivity contribution in [1.29, 1.82) is 0 Å². The molecule has 8 nitrogen and oxygen atoms in total. The van der Waals surface area contributed by atoms with E-state index in [-0.39, 0.29) is 11.3 Å². The predicted octanol–water partition coefficient (Wildman–Crippen LogP) is 2.41. The first kappa shape index (κ1) is 19.8. The molecule has 2 aromatic rings. The van der Waals surface area contributed by atoms with Crippen molar-refractivity contribution in [3.8, 4) is 17.2 Å². The molecule has 27 heavy (non-hydrogen) atoms. The van der Waals surface area contributed by atoms with E-state index in [1.807, 2.05) is 0 Å². The van der Waals surface area contributed by atoms with Gasteiger partial charge >= 0.3 is 5.97 Å². The minimum atomic E-state index is -1.09. The zero-order chi connectivity index (χ0) is 19.8. The molecule has 0 unspecified atom stereocenters. The fraction of sp³-hybridized carbons (Fsp3) is 0.211. The van der Waals surface area contributed by atoms with Crippen molar-refractivity contribution in [3.63, 3.8) is 0 Å². The van der Waals surface area contributed by atoms with E-state index >= 15 is 0 Å². The number of rotatable bonds is 8. The predicted molar refractivity (Wildman–Crippen MR) is 98.5 cm³/mol. The molecule has 0 aromatic heterocycles. The largest absolute Gasteiger partial charge is 0.507 e. The van der Waals surface area contributed by atoms with Crippen LogP contribution in [0.2, 0.25) is 0 Å². The van der Waals surface area contributed by atoms with E-state index in [9.17, 15) is 14.7 Å². The number of ether oxygens (including phenoxy) is 2. The second kappa shape index (κ2) is 9.23. The van der Waals surface area contributed by atoms with Crippen molar-refractivity contribution in [1.82, 2.24) is 5.43 Å². The van der Waals surface area contributed by atoms with E-state index in [2.05, 4.69) is 10.5 Å². The number of amides is 1. The molecule has 0 bridgehead atoms. The number of nitrogens with one attached hydrogen (secondary N) is 1. The maximum absolute atomic E-state index is 12.0. The Morgan fingerprint density at radius 1 is 1.22 bits per heavy atom. The van der Waals surface area contributed by atoms with Gasteiger partial charge in [0.15, 0.2) is 17.6 Å². The van der Waals surface area contributed by atoms with E-state index in [0.717, 1.165) is 0 Å². The standard InChI is InChI=1S/C19H20N2O6/c1-3-26-17-10-13(8-9-16(17)27-12(2)19(24)25)11-20-21-18(23)14-6-4-5-7-15(14)22/h4-12,22H,3H2,1-2H3,(H,21,23)(H,24,25)/b20-11-/t12-/m1/s1. The number of benzene rings is 2. The van der Waals surface area contributed by atoms with Crippen LogP contribution >= 0.6 is 0 Å². The molecule has 0 saturated carbocycles. The van der Waals surface area contributed by atoms with Gasteiger partial charge in [-0.05, 0) is 49.7 Å². The molecular weight excluding hydrogens is 352 g/mol. The van der Waals surface area contributed by atoms with Gasteiger partial charge in [0, 0.05) is 0 Å². The second-order valence-corrected chi connectivity index (χ2v) is 5.45. The number of aliphatic carboxylic acids is 1. The number of phenols is 1. The fourth-order valence-electron chi connectivity index (χ4n) is 2.10. The Morgan fingerprint density at radius 3 is 2.63 bits per heavy atom. The molecule has 1 amide bonds. The first-order valence-corrected chi connectivity index (χ1v) is 8.20. The Morgan fingerprint density at radius 2 is 1.96 bits per heavy atom. The van der Waals surface area contributed by atoms with E-state index in [1.54, 1.807) is 37.3 Å². The molecule has 0 aliphatic carbocycles. The van der Waals surface area contributed by atoms with Crippen molar-refractivity contribution in [2.75, 3.05) is 6.61 Å².